The van der Waals surface area contributed by atoms with Gasteiger partial charge in [0.05, 0.1) is 25.1 Å². The second-order valence-corrected chi connectivity index (χ2v) is 6.83. The monoisotopic (exact) mass is 439 g/mol. The van der Waals surface area contributed by atoms with Gasteiger partial charge in [0.2, 0.25) is 0 Å². The minimum atomic E-state index is -0.530. The Morgan fingerprint density at radius 2 is 2.00 bits per heavy atom. The van der Waals surface area contributed by atoms with Gasteiger partial charge in [-0.15, -0.1) is 10.2 Å². The number of aryl methyl sites for hydroxylation is 2. The molecule has 0 aliphatic rings. The van der Waals surface area contributed by atoms with Gasteiger partial charge in [-0.05, 0) is 57.0 Å². The third-order valence-electron chi connectivity index (χ3n) is 4.22. The van der Waals surface area contributed by atoms with Gasteiger partial charge in [0.1, 0.15) is 11.4 Å². The van der Waals surface area contributed by atoms with E-state index in [1.165, 1.54) is 17.8 Å². The molecule has 2 aromatic heterocycles. The summed E-state index contributed by atoms with van der Waals surface area (Å²) in [6.45, 7) is 8.25. The predicted molar refractivity (Wildman–Crippen MR) is 118 cm³/mol. The van der Waals surface area contributed by atoms with Crippen molar-refractivity contribution in [3.05, 3.63) is 57.3 Å². The van der Waals surface area contributed by atoms with Crippen LogP contribution >= 0.6 is 0 Å². The third kappa shape index (κ3) is 5.36. The van der Waals surface area contributed by atoms with Crippen LogP contribution in [-0.4, -0.2) is 50.3 Å². The van der Waals surface area contributed by atoms with Crippen LogP contribution in [0.15, 0.2) is 34.2 Å². The van der Waals surface area contributed by atoms with Gasteiger partial charge in [0.15, 0.2) is 11.5 Å². The van der Waals surface area contributed by atoms with Crippen molar-refractivity contribution in [2.24, 2.45) is 5.10 Å². The minimum absolute atomic E-state index is 0.0341. The second-order valence-electron chi connectivity index (χ2n) is 6.83. The molecule has 0 atom stereocenters. The Bertz CT molecular complexity index is 1180. The maximum absolute atomic E-state index is 12.7. The van der Waals surface area contributed by atoms with Crippen molar-refractivity contribution < 1.29 is 14.3 Å². The van der Waals surface area contributed by atoms with Gasteiger partial charge in [0, 0.05) is 0 Å². The van der Waals surface area contributed by atoms with Crippen LogP contribution in [0.1, 0.15) is 47.7 Å². The Kier molecular flexibility index (Phi) is 7.32. The van der Waals surface area contributed by atoms with Gasteiger partial charge in [0.25, 0.3) is 17.4 Å². The molecule has 0 aliphatic heterocycles. The van der Waals surface area contributed by atoms with E-state index in [-0.39, 0.29) is 17.3 Å². The Balaban J connectivity index is 1.77. The number of aromatic nitrogens is 5. The molecule has 168 valence electrons. The lowest BCUT2D eigenvalue weighted by molar-refractivity contribution is 0.0947. The molecule has 3 aromatic rings. The first kappa shape index (κ1) is 22.7. The molecule has 1 aromatic carbocycles. The number of nitrogens with one attached hydrogen (secondary N) is 2. The highest BCUT2D eigenvalue weighted by atomic mass is 16.5. The molecule has 11 nitrogen and oxygen atoms in total. The average molecular weight is 439 g/mol. The van der Waals surface area contributed by atoms with Gasteiger partial charge >= 0.3 is 0 Å². The van der Waals surface area contributed by atoms with Crippen LogP contribution in [0.3, 0.4) is 0 Å². The fourth-order valence-corrected chi connectivity index (χ4v) is 2.73. The third-order valence-corrected chi connectivity index (χ3v) is 4.22. The summed E-state index contributed by atoms with van der Waals surface area (Å²) >= 11 is 0. The highest BCUT2D eigenvalue weighted by Gasteiger charge is 2.17. The molecule has 0 radical (unpaired) electrons. The normalized spacial score (nSPS) is 11.0. The van der Waals surface area contributed by atoms with Crippen LogP contribution in [-0.2, 0) is 0 Å². The highest BCUT2D eigenvalue weighted by molar-refractivity contribution is 5.94. The summed E-state index contributed by atoms with van der Waals surface area (Å²) in [5.74, 6) is 0.763. The lowest BCUT2D eigenvalue weighted by atomic mass is 10.2. The van der Waals surface area contributed by atoms with Crippen molar-refractivity contribution in [3.63, 3.8) is 0 Å². The van der Waals surface area contributed by atoms with Crippen molar-refractivity contribution in [1.29, 1.82) is 0 Å². The second kappa shape index (κ2) is 10.3. The highest BCUT2D eigenvalue weighted by Crippen LogP contribution is 2.28. The molecule has 2 N–H and O–H groups in total. The number of aromatic amines is 1. The fraction of sp³-hybridized carbons (Fsp3) is 0.333. The van der Waals surface area contributed by atoms with Crippen LogP contribution in [0.25, 0.3) is 5.95 Å². The molecule has 0 saturated carbocycles. The number of hydrogen-bond acceptors (Lipinski definition) is 8. The van der Waals surface area contributed by atoms with Crippen LogP contribution < -0.4 is 20.5 Å². The van der Waals surface area contributed by atoms with Gasteiger partial charge in [-0.3, -0.25) is 14.6 Å². The van der Waals surface area contributed by atoms with E-state index in [9.17, 15) is 9.59 Å². The van der Waals surface area contributed by atoms with Crippen LogP contribution in [0.2, 0.25) is 0 Å². The molecule has 11 heteroatoms. The summed E-state index contributed by atoms with van der Waals surface area (Å²) in [5.41, 5.74) is 3.68. The van der Waals surface area contributed by atoms with Gasteiger partial charge in [-0.25, -0.2) is 5.43 Å². The first-order chi connectivity index (χ1) is 15.4. The number of ether oxygens (including phenoxy) is 2. The average Bonchev–Trinajstić information content (AvgIpc) is 3.17. The molecular formula is C21H25N7O4. The summed E-state index contributed by atoms with van der Waals surface area (Å²) in [6.07, 6.45) is 2.38. The largest absolute Gasteiger partial charge is 0.490 e. The molecule has 3 rings (SSSR count). The lowest BCUT2D eigenvalue weighted by Crippen LogP contribution is -2.24. The predicted octanol–water partition coefficient (Wildman–Crippen LogP) is 1.92. The van der Waals surface area contributed by atoms with E-state index in [2.05, 4.69) is 30.8 Å². The number of hydrazone groups is 1. The number of H-pyrrole nitrogens is 1. The number of carbonyl (C=O) groups excluding carboxylic acids is 1. The number of hydrogen-bond donors (Lipinski definition) is 2. The van der Waals surface area contributed by atoms with Crippen molar-refractivity contribution in [3.8, 4) is 17.4 Å². The van der Waals surface area contributed by atoms with E-state index in [1.807, 2.05) is 19.9 Å². The zero-order valence-corrected chi connectivity index (χ0v) is 18.4. The molecule has 0 unspecified atom stereocenters. The zero-order chi connectivity index (χ0) is 23.1. The van der Waals surface area contributed by atoms with Crippen LogP contribution in [0, 0.1) is 13.8 Å². The molecule has 0 bridgehead atoms. The van der Waals surface area contributed by atoms with Crippen molar-refractivity contribution >= 4 is 12.1 Å². The maximum Gasteiger partial charge on any atom is 0.290 e. The quantitative estimate of drug-likeness (QED) is 0.384. The summed E-state index contributed by atoms with van der Waals surface area (Å²) < 4.78 is 12.5. The van der Waals surface area contributed by atoms with Crippen molar-refractivity contribution in [2.45, 2.75) is 34.1 Å². The number of amides is 1. The van der Waals surface area contributed by atoms with Gasteiger partial charge < -0.3 is 9.47 Å². The SMILES string of the molecule is CCCOc1ccc(/C=N\NC(=O)c2cc(C)nn2-c2nnc(C)c(=O)[nH]2)cc1OCC. The molecule has 32 heavy (non-hydrogen) atoms. The molecular weight excluding hydrogens is 414 g/mol. The van der Waals surface area contributed by atoms with Crippen molar-refractivity contribution in [2.75, 3.05) is 13.2 Å². The molecule has 0 spiro atoms. The maximum atomic E-state index is 12.7. The smallest absolute Gasteiger partial charge is 0.290 e. The Hall–Kier alpha value is -4.02. The van der Waals surface area contributed by atoms with E-state index in [1.54, 1.807) is 25.1 Å². The van der Waals surface area contributed by atoms with E-state index in [4.69, 9.17) is 9.47 Å². The number of carbonyl (C=O) groups is 1. The zero-order valence-electron chi connectivity index (χ0n) is 18.4. The molecule has 0 fully saturated rings. The molecule has 0 saturated heterocycles. The van der Waals surface area contributed by atoms with E-state index < -0.39 is 11.5 Å². The Morgan fingerprint density at radius 3 is 2.72 bits per heavy atom. The summed E-state index contributed by atoms with van der Waals surface area (Å²) in [4.78, 5) is 27.1. The van der Waals surface area contributed by atoms with E-state index in [0.717, 1.165) is 12.0 Å². The fourth-order valence-electron chi connectivity index (χ4n) is 2.73. The number of benzene rings is 1. The standard InChI is InChI=1S/C21H25N7O4/c1-5-9-32-17-8-7-15(11-18(17)31-6-2)12-22-25-20(30)16-10-13(3)27-28(16)21-23-19(29)14(4)24-26-21/h7-8,10-12H,5-6,9H2,1-4H3,(H,25,30)(H,23,26,29)/b22-12-. The van der Waals surface area contributed by atoms with Gasteiger partial charge in [-0.2, -0.15) is 14.9 Å². The van der Waals surface area contributed by atoms with E-state index in [0.29, 0.717) is 30.4 Å². The van der Waals surface area contributed by atoms with Crippen molar-refractivity contribution in [1.82, 2.24) is 30.4 Å². The minimum Gasteiger partial charge on any atom is -0.490 e. The molecule has 1 amide bonds. The topological polar surface area (TPSA) is 136 Å². The first-order valence-corrected chi connectivity index (χ1v) is 10.2. The number of nitrogens with zero attached hydrogens (tertiary/aromatic N) is 5. The summed E-state index contributed by atoms with van der Waals surface area (Å²) in [5, 5.41) is 15.9. The molecule has 0 aliphatic carbocycles. The lowest BCUT2D eigenvalue weighted by Gasteiger charge is -2.11. The summed E-state index contributed by atoms with van der Waals surface area (Å²) in [6, 6.07) is 6.95. The summed E-state index contributed by atoms with van der Waals surface area (Å²) in [7, 11) is 0. The number of rotatable bonds is 9. The first-order valence-electron chi connectivity index (χ1n) is 10.2. The Labute approximate surface area is 184 Å². The van der Waals surface area contributed by atoms with Gasteiger partial charge in [-0.1, -0.05) is 6.92 Å². The Morgan fingerprint density at radius 1 is 1.19 bits per heavy atom. The van der Waals surface area contributed by atoms with Crippen LogP contribution in [0.5, 0.6) is 11.5 Å². The molecule has 2 heterocycles. The van der Waals surface area contributed by atoms with Crippen LogP contribution in [0.4, 0.5) is 0 Å². The van der Waals surface area contributed by atoms with E-state index >= 15 is 0 Å².